The summed E-state index contributed by atoms with van der Waals surface area (Å²) in [6.45, 7) is 8.26. The second-order valence-corrected chi connectivity index (χ2v) is 6.01. The van der Waals surface area contributed by atoms with E-state index in [1.807, 2.05) is 12.1 Å². The number of carbonyl (C=O) groups is 1. The van der Waals surface area contributed by atoms with Gasteiger partial charge in [0.2, 0.25) is 5.91 Å². The number of hydrogen-bond acceptors (Lipinski definition) is 2. The highest BCUT2D eigenvalue weighted by molar-refractivity contribution is 7.80. The molecule has 1 aromatic rings. The summed E-state index contributed by atoms with van der Waals surface area (Å²) in [7, 11) is 0. The van der Waals surface area contributed by atoms with Crippen molar-refractivity contribution in [1.82, 2.24) is 5.32 Å². The van der Waals surface area contributed by atoms with Crippen molar-refractivity contribution >= 4 is 23.1 Å². The summed E-state index contributed by atoms with van der Waals surface area (Å²) in [4.78, 5) is 12.2. The van der Waals surface area contributed by atoms with Crippen LogP contribution in [0.1, 0.15) is 44.7 Å². The summed E-state index contributed by atoms with van der Waals surface area (Å²) < 4.78 is 0. The number of hydrogen-bond donors (Lipinski definition) is 2. The van der Waals surface area contributed by atoms with Gasteiger partial charge >= 0.3 is 0 Å². The second-order valence-electron chi connectivity index (χ2n) is 5.57. The molecule has 0 unspecified atom stereocenters. The molecule has 19 heavy (non-hydrogen) atoms. The van der Waals surface area contributed by atoms with Crippen molar-refractivity contribution in [1.29, 1.82) is 0 Å². The summed E-state index contributed by atoms with van der Waals surface area (Å²) in [5.41, 5.74) is 7.11. The van der Waals surface area contributed by atoms with Gasteiger partial charge in [0.05, 0.1) is 10.4 Å². The molecule has 0 aromatic heterocycles. The smallest absolute Gasteiger partial charge is 0.232 e. The minimum absolute atomic E-state index is 0.145. The van der Waals surface area contributed by atoms with Crippen molar-refractivity contribution in [2.24, 2.45) is 11.1 Å². The maximum atomic E-state index is 12.0. The molecule has 0 aliphatic heterocycles. The first-order valence-corrected chi connectivity index (χ1v) is 6.83. The average molecular weight is 278 g/mol. The van der Waals surface area contributed by atoms with Crippen molar-refractivity contribution in [3.05, 3.63) is 35.4 Å². The molecule has 3 nitrogen and oxygen atoms in total. The first kappa shape index (κ1) is 15.6. The summed E-state index contributed by atoms with van der Waals surface area (Å²) in [6.07, 6.45) is 0. The third kappa shape index (κ3) is 4.03. The normalized spacial score (nSPS) is 11.4. The van der Waals surface area contributed by atoms with Gasteiger partial charge in [-0.05, 0) is 30.9 Å². The van der Waals surface area contributed by atoms with Crippen LogP contribution in [0.3, 0.4) is 0 Å². The molecular weight excluding hydrogens is 256 g/mol. The quantitative estimate of drug-likeness (QED) is 0.814. The molecule has 0 fully saturated rings. The van der Waals surface area contributed by atoms with E-state index >= 15 is 0 Å². The SMILES string of the molecule is CC(C)c1ccc(CNC(=O)C(C)(C)C(N)=S)cc1. The van der Waals surface area contributed by atoms with Crippen LogP contribution in [-0.4, -0.2) is 10.9 Å². The molecule has 0 atom stereocenters. The number of nitrogens with one attached hydrogen (secondary N) is 1. The lowest BCUT2D eigenvalue weighted by molar-refractivity contribution is -0.126. The minimum atomic E-state index is -0.812. The Bertz CT molecular complexity index is 464. The van der Waals surface area contributed by atoms with E-state index in [2.05, 4.69) is 31.3 Å². The van der Waals surface area contributed by atoms with Gasteiger partial charge in [-0.1, -0.05) is 50.3 Å². The maximum absolute atomic E-state index is 12.0. The van der Waals surface area contributed by atoms with Crippen LogP contribution in [0, 0.1) is 5.41 Å². The summed E-state index contributed by atoms with van der Waals surface area (Å²) in [5.74, 6) is 0.366. The van der Waals surface area contributed by atoms with E-state index in [0.717, 1.165) is 5.56 Å². The molecular formula is C15H22N2OS. The molecule has 0 saturated carbocycles. The van der Waals surface area contributed by atoms with Crippen molar-refractivity contribution in [2.45, 2.75) is 40.2 Å². The second kappa shape index (κ2) is 6.15. The zero-order valence-corrected chi connectivity index (χ0v) is 12.8. The topological polar surface area (TPSA) is 55.1 Å². The first-order chi connectivity index (χ1) is 8.75. The Kier molecular flexibility index (Phi) is 5.06. The minimum Gasteiger partial charge on any atom is -0.392 e. The largest absolute Gasteiger partial charge is 0.392 e. The van der Waals surface area contributed by atoms with E-state index in [-0.39, 0.29) is 10.9 Å². The summed E-state index contributed by atoms with van der Waals surface area (Å²) >= 11 is 4.90. The van der Waals surface area contributed by atoms with Crippen LogP contribution in [0.25, 0.3) is 0 Å². The van der Waals surface area contributed by atoms with Crippen LogP contribution < -0.4 is 11.1 Å². The van der Waals surface area contributed by atoms with Crippen molar-refractivity contribution in [3.63, 3.8) is 0 Å². The maximum Gasteiger partial charge on any atom is 0.232 e. The lowest BCUT2D eigenvalue weighted by Crippen LogP contribution is -2.44. The van der Waals surface area contributed by atoms with Gasteiger partial charge in [0.1, 0.15) is 0 Å². The predicted octanol–water partition coefficient (Wildman–Crippen LogP) is 2.74. The number of carbonyl (C=O) groups excluding carboxylic acids is 1. The molecule has 0 saturated heterocycles. The lowest BCUT2D eigenvalue weighted by atomic mass is 9.92. The Morgan fingerprint density at radius 1 is 1.32 bits per heavy atom. The van der Waals surface area contributed by atoms with E-state index in [9.17, 15) is 4.79 Å². The summed E-state index contributed by atoms with van der Waals surface area (Å²) in [6, 6.07) is 8.24. The van der Waals surface area contributed by atoms with Gasteiger partial charge in [0.15, 0.2) is 0 Å². The Morgan fingerprint density at radius 2 is 1.84 bits per heavy atom. The molecule has 0 heterocycles. The number of thiocarbonyl (C=S) groups is 1. The third-order valence-corrected chi connectivity index (χ3v) is 3.79. The van der Waals surface area contributed by atoms with Crippen LogP contribution in [0.15, 0.2) is 24.3 Å². The summed E-state index contributed by atoms with van der Waals surface area (Å²) in [5, 5.41) is 2.86. The number of nitrogens with two attached hydrogens (primary N) is 1. The van der Waals surface area contributed by atoms with Gasteiger partial charge in [-0.2, -0.15) is 0 Å². The van der Waals surface area contributed by atoms with Gasteiger partial charge in [-0.15, -0.1) is 0 Å². The van der Waals surface area contributed by atoms with Gasteiger partial charge in [0, 0.05) is 6.54 Å². The lowest BCUT2D eigenvalue weighted by Gasteiger charge is -2.22. The average Bonchev–Trinajstić information content (AvgIpc) is 2.36. The molecule has 1 amide bonds. The number of rotatable bonds is 5. The highest BCUT2D eigenvalue weighted by atomic mass is 32.1. The molecule has 0 aliphatic carbocycles. The fraction of sp³-hybridized carbons (Fsp3) is 0.467. The zero-order valence-electron chi connectivity index (χ0n) is 12.0. The molecule has 104 valence electrons. The molecule has 4 heteroatoms. The molecule has 1 aromatic carbocycles. The highest BCUT2D eigenvalue weighted by Gasteiger charge is 2.30. The standard InChI is InChI=1S/C15H22N2OS/c1-10(2)12-7-5-11(6-8-12)9-17-14(18)15(3,4)13(16)19/h5-8,10H,9H2,1-4H3,(H2,16,19)(H,17,18). The van der Waals surface area contributed by atoms with Crippen LogP contribution in [0.4, 0.5) is 0 Å². The van der Waals surface area contributed by atoms with Crippen molar-refractivity contribution in [3.8, 4) is 0 Å². The van der Waals surface area contributed by atoms with E-state index < -0.39 is 5.41 Å². The van der Waals surface area contributed by atoms with Crippen molar-refractivity contribution < 1.29 is 4.79 Å². The highest BCUT2D eigenvalue weighted by Crippen LogP contribution is 2.17. The number of amides is 1. The molecule has 0 radical (unpaired) electrons. The van der Waals surface area contributed by atoms with Crippen LogP contribution in [0.5, 0.6) is 0 Å². The van der Waals surface area contributed by atoms with E-state index in [0.29, 0.717) is 12.5 Å². The fourth-order valence-corrected chi connectivity index (χ4v) is 1.63. The van der Waals surface area contributed by atoms with E-state index in [1.165, 1.54) is 5.56 Å². The zero-order chi connectivity index (χ0) is 14.6. The Morgan fingerprint density at radius 3 is 2.26 bits per heavy atom. The van der Waals surface area contributed by atoms with Crippen LogP contribution in [-0.2, 0) is 11.3 Å². The predicted molar refractivity (Wildman–Crippen MR) is 82.9 cm³/mol. The van der Waals surface area contributed by atoms with E-state index in [4.69, 9.17) is 18.0 Å². The number of benzene rings is 1. The molecule has 1 rings (SSSR count). The first-order valence-electron chi connectivity index (χ1n) is 6.42. The Labute approximate surface area is 120 Å². The van der Waals surface area contributed by atoms with E-state index in [1.54, 1.807) is 13.8 Å². The fourth-order valence-electron chi connectivity index (χ4n) is 1.54. The molecule has 0 aliphatic rings. The van der Waals surface area contributed by atoms with Gasteiger partial charge in [0.25, 0.3) is 0 Å². The molecule has 0 spiro atoms. The van der Waals surface area contributed by atoms with Gasteiger partial charge in [-0.3, -0.25) is 4.79 Å². The van der Waals surface area contributed by atoms with Gasteiger partial charge in [-0.25, -0.2) is 0 Å². The van der Waals surface area contributed by atoms with Crippen molar-refractivity contribution in [2.75, 3.05) is 0 Å². The van der Waals surface area contributed by atoms with Gasteiger partial charge < -0.3 is 11.1 Å². The Hall–Kier alpha value is -1.42. The third-order valence-electron chi connectivity index (χ3n) is 3.28. The van der Waals surface area contributed by atoms with Crippen LogP contribution in [0.2, 0.25) is 0 Å². The molecule has 3 N–H and O–H groups in total. The Balaban J connectivity index is 2.62. The molecule has 0 bridgehead atoms. The van der Waals surface area contributed by atoms with Crippen LogP contribution >= 0.6 is 12.2 Å². The monoisotopic (exact) mass is 278 g/mol.